The summed E-state index contributed by atoms with van der Waals surface area (Å²) in [5.41, 5.74) is 2.81. The van der Waals surface area contributed by atoms with Crippen molar-refractivity contribution >= 4 is 34.0 Å². The lowest BCUT2D eigenvalue weighted by atomic mass is 10.2. The zero-order chi connectivity index (χ0) is 20.2. The van der Waals surface area contributed by atoms with Crippen LogP contribution in [-0.4, -0.2) is 20.9 Å². The second-order valence-electron chi connectivity index (χ2n) is 6.34. The van der Waals surface area contributed by atoms with Gasteiger partial charge in [0.25, 0.3) is 5.91 Å². The number of benzene rings is 2. The Hall–Kier alpha value is -4.31. The highest BCUT2D eigenvalue weighted by Crippen LogP contribution is 2.24. The molecule has 0 aliphatic heterocycles. The van der Waals surface area contributed by atoms with Crippen molar-refractivity contribution in [1.29, 1.82) is 5.26 Å². The zero-order valence-electron chi connectivity index (χ0n) is 15.5. The van der Waals surface area contributed by atoms with E-state index in [2.05, 4.69) is 25.6 Å². The van der Waals surface area contributed by atoms with Gasteiger partial charge in [0.1, 0.15) is 17.3 Å². The lowest BCUT2D eigenvalue weighted by Gasteiger charge is -2.11. The molecule has 2 aromatic heterocycles. The van der Waals surface area contributed by atoms with Crippen LogP contribution in [0.15, 0.2) is 66.9 Å². The van der Waals surface area contributed by atoms with Gasteiger partial charge in [-0.15, -0.1) is 0 Å². The van der Waals surface area contributed by atoms with E-state index < -0.39 is 0 Å². The molecule has 0 aliphatic carbocycles. The number of nitrogens with zero attached hydrogens (tertiary/aromatic N) is 4. The van der Waals surface area contributed by atoms with Crippen LogP contribution in [0, 0.1) is 18.3 Å². The Morgan fingerprint density at radius 2 is 1.86 bits per heavy atom. The molecule has 2 aromatic carbocycles. The summed E-state index contributed by atoms with van der Waals surface area (Å²) >= 11 is 0. The highest BCUT2D eigenvalue weighted by Gasteiger charge is 2.12. The van der Waals surface area contributed by atoms with Crippen LogP contribution in [0.4, 0.5) is 17.2 Å². The average Bonchev–Trinajstić information content (AvgIpc) is 2.74. The average molecular weight is 380 g/mol. The number of pyridine rings is 1. The Bertz CT molecular complexity index is 1260. The van der Waals surface area contributed by atoms with Crippen LogP contribution in [-0.2, 0) is 0 Å². The molecule has 0 spiro atoms. The lowest BCUT2D eigenvalue weighted by molar-refractivity contribution is 0.102. The van der Waals surface area contributed by atoms with Gasteiger partial charge in [-0.05, 0) is 37.3 Å². The maximum absolute atomic E-state index is 12.7. The molecule has 0 bridgehead atoms. The molecule has 2 N–H and O–H groups in total. The van der Waals surface area contributed by atoms with Gasteiger partial charge < -0.3 is 10.6 Å². The van der Waals surface area contributed by atoms with Crippen molar-refractivity contribution in [2.75, 3.05) is 10.6 Å². The summed E-state index contributed by atoms with van der Waals surface area (Å²) < 4.78 is 0. The summed E-state index contributed by atoms with van der Waals surface area (Å²) in [5, 5.41) is 16.0. The highest BCUT2D eigenvalue weighted by atomic mass is 16.1. The number of hydrogen-bond acceptors (Lipinski definition) is 6. The van der Waals surface area contributed by atoms with E-state index in [9.17, 15) is 4.79 Å². The van der Waals surface area contributed by atoms with Gasteiger partial charge in [0.15, 0.2) is 0 Å². The van der Waals surface area contributed by atoms with E-state index >= 15 is 0 Å². The van der Waals surface area contributed by atoms with Gasteiger partial charge >= 0.3 is 0 Å². The number of aromatic nitrogens is 3. The maximum atomic E-state index is 12.7. The minimum Gasteiger partial charge on any atom is -0.338 e. The number of para-hydroxylation sites is 1. The molecule has 0 unspecified atom stereocenters. The standard InChI is InChI=1S/C22H16N6O/c1-14-25-19(22(29)27-17-8-2-5-15(11-17)13-23)12-20(26-14)28-18-9-3-6-16-7-4-10-24-21(16)18/h2-12H,1H3,(H,27,29)(H,25,26,28). The van der Waals surface area contributed by atoms with Crippen molar-refractivity contribution < 1.29 is 4.79 Å². The molecular weight excluding hydrogens is 364 g/mol. The van der Waals surface area contributed by atoms with Crippen molar-refractivity contribution in [2.45, 2.75) is 6.92 Å². The van der Waals surface area contributed by atoms with Crippen LogP contribution < -0.4 is 10.6 Å². The zero-order valence-corrected chi connectivity index (χ0v) is 15.5. The van der Waals surface area contributed by atoms with E-state index in [0.29, 0.717) is 22.9 Å². The van der Waals surface area contributed by atoms with E-state index in [0.717, 1.165) is 16.6 Å². The third-order valence-corrected chi connectivity index (χ3v) is 4.22. The number of aryl methyl sites for hydroxylation is 1. The molecule has 7 heteroatoms. The van der Waals surface area contributed by atoms with Crippen LogP contribution in [0.5, 0.6) is 0 Å². The molecule has 4 aromatic rings. The molecule has 7 nitrogen and oxygen atoms in total. The minimum atomic E-state index is -0.385. The molecule has 0 aliphatic rings. The van der Waals surface area contributed by atoms with E-state index in [1.807, 2.05) is 36.4 Å². The van der Waals surface area contributed by atoms with Crippen molar-refractivity contribution in [2.24, 2.45) is 0 Å². The largest absolute Gasteiger partial charge is 0.338 e. The molecule has 29 heavy (non-hydrogen) atoms. The second-order valence-corrected chi connectivity index (χ2v) is 6.34. The number of hydrogen-bond donors (Lipinski definition) is 2. The Balaban J connectivity index is 1.62. The minimum absolute atomic E-state index is 0.218. The third-order valence-electron chi connectivity index (χ3n) is 4.22. The molecule has 0 atom stereocenters. The van der Waals surface area contributed by atoms with Gasteiger partial charge in [-0.25, -0.2) is 9.97 Å². The Morgan fingerprint density at radius 3 is 2.72 bits per heavy atom. The first kappa shape index (κ1) is 18.1. The third kappa shape index (κ3) is 4.01. The molecule has 0 radical (unpaired) electrons. The fourth-order valence-corrected chi connectivity index (χ4v) is 2.95. The van der Waals surface area contributed by atoms with E-state index in [1.165, 1.54) is 0 Å². The smallest absolute Gasteiger partial charge is 0.274 e. The van der Waals surface area contributed by atoms with E-state index in [-0.39, 0.29) is 11.6 Å². The van der Waals surface area contributed by atoms with Crippen LogP contribution >= 0.6 is 0 Å². The number of fused-ring (bicyclic) bond motifs is 1. The summed E-state index contributed by atoms with van der Waals surface area (Å²) in [6.45, 7) is 1.72. The summed E-state index contributed by atoms with van der Waals surface area (Å²) in [7, 11) is 0. The van der Waals surface area contributed by atoms with Crippen LogP contribution in [0.25, 0.3) is 10.9 Å². The number of rotatable bonds is 4. The molecule has 140 valence electrons. The topological polar surface area (TPSA) is 104 Å². The first-order chi connectivity index (χ1) is 14.1. The van der Waals surface area contributed by atoms with Crippen LogP contribution in [0.2, 0.25) is 0 Å². The van der Waals surface area contributed by atoms with Crippen molar-refractivity contribution in [3.63, 3.8) is 0 Å². The van der Waals surface area contributed by atoms with Gasteiger partial charge in [0, 0.05) is 23.3 Å². The molecular formula is C22H16N6O. The van der Waals surface area contributed by atoms with Crippen molar-refractivity contribution in [3.05, 3.63) is 83.9 Å². The SMILES string of the molecule is Cc1nc(Nc2cccc3cccnc23)cc(C(=O)Nc2cccc(C#N)c2)n1. The van der Waals surface area contributed by atoms with Gasteiger partial charge in [0.2, 0.25) is 0 Å². The predicted molar refractivity (Wildman–Crippen MR) is 111 cm³/mol. The van der Waals surface area contributed by atoms with Gasteiger partial charge in [-0.3, -0.25) is 9.78 Å². The molecule has 0 saturated carbocycles. The van der Waals surface area contributed by atoms with Crippen molar-refractivity contribution in [3.8, 4) is 6.07 Å². The van der Waals surface area contributed by atoms with E-state index in [1.54, 1.807) is 43.5 Å². The summed E-state index contributed by atoms with van der Waals surface area (Å²) in [4.78, 5) is 25.7. The number of carbonyl (C=O) groups excluding carboxylic acids is 1. The number of amides is 1. The normalized spacial score (nSPS) is 10.3. The fourth-order valence-electron chi connectivity index (χ4n) is 2.95. The first-order valence-electron chi connectivity index (χ1n) is 8.90. The summed E-state index contributed by atoms with van der Waals surface area (Å²) in [6, 6.07) is 20.0. The summed E-state index contributed by atoms with van der Waals surface area (Å²) in [6.07, 6.45) is 1.73. The monoisotopic (exact) mass is 380 g/mol. The Labute approximate surface area is 167 Å². The van der Waals surface area contributed by atoms with Crippen molar-refractivity contribution in [1.82, 2.24) is 15.0 Å². The number of nitriles is 1. The first-order valence-corrected chi connectivity index (χ1v) is 8.90. The number of carbonyl (C=O) groups is 1. The van der Waals surface area contributed by atoms with Crippen LogP contribution in [0.3, 0.4) is 0 Å². The molecule has 2 heterocycles. The quantitative estimate of drug-likeness (QED) is 0.550. The van der Waals surface area contributed by atoms with Gasteiger partial charge in [-0.2, -0.15) is 5.26 Å². The fraction of sp³-hybridized carbons (Fsp3) is 0.0455. The Morgan fingerprint density at radius 1 is 1.03 bits per heavy atom. The molecule has 0 saturated heterocycles. The second kappa shape index (κ2) is 7.74. The number of anilines is 3. The molecule has 1 amide bonds. The predicted octanol–water partition coefficient (Wildman–Crippen LogP) is 4.20. The van der Waals surface area contributed by atoms with Gasteiger partial charge in [0.05, 0.1) is 22.8 Å². The Kier molecular flexibility index (Phi) is 4.82. The highest BCUT2D eigenvalue weighted by molar-refractivity contribution is 6.03. The van der Waals surface area contributed by atoms with Crippen LogP contribution in [0.1, 0.15) is 21.9 Å². The van der Waals surface area contributed by atoms with E-state index in [4.69, 9.17) is 5.26 Å². The number of nitrogens with one attached hydrogen (secondary N) is 2. The maximum Gasteiger partial charge on any atom is 0.274 e. The lowest BCUT2D eigenvalue weighted by Crippen LogP contribution is -2.15. The van der Waals surface area contributed by atoms with Gasteiger partial charge in [-0.1, -0.05) is 24.3 Å². The molecule has 0 fully saturated rings. The summed E-state index contributed by atoms with van der Waals surface area (Å²) in [5.74, 6) is 0.565. The molecule has 4 rings (SSSR count).